The molecule has 9 heteroatoms. The number of aryl methyl sites for hydroxylation is 1. The summed E-state index contributed by atoms with van der Waals surface area (Å²) in [4.78, 5) is 30.2. The summed E-state index contributed by atoms with van der Waals surface area (Å²) in [5, 5.41) is 9.22. The molecular formula is C21H24BrN3O5. The van der Waals surface area contributed by atoms with Crippen LogP contribution >= 0.6 is 15.9 Å². The second-order valence-electron chi connectivity index (χ2n) is 7.92. The molecule has 3 atom stereocenters. The van der Waals surface area contributed by atoms with Crippen molar-refractivity contribution in [2.75, 3.05) is 19.7 Å². The zero-order valence-electron chi connectivity index (χ0n) is 16.7. The van der Waals surface area contributed by atoms with Gasteiger partial charge in [0.15, 0.2) is 0 Å². The molecule has 1 aliphatic carbocycles. The SMILES string of the molecule is Cn1cc(Br)nc1C1(OCC(=O)O)CCC2CN(C(=O)OCc3ccccc3)CC21. The van der Waals surface area contributed by atoms with E-state index in [9.17, 15) is 14.7 Å². The maximum atomic E-state index is 12.7. The third-order valence-electron chi connectivity index (χ3n) is 6.07. The lowest BCUT2D eigenvalue weighted by molar-refractivity contribution is -0.155. The van der Waals surface area contributed by atoms with Gasteiger partial charge < -0.3 is 24.0 Å². The molecule has 0 spiro atoms. The van der Waals surface area contributed by atoms with Crippen molar-refractivity contribution in [2.45, 2.75) is 25.0 Å². The zero-order chi connectivity index (χ0) is 21.3. The smallest absolute Gasteiger partial charge is 0.410 e. The van der Waals surface area contributed by atoms with E-state index < -0.39 is 18.2 Å². The molecule has 0 radical (unpaired) electrons. The van der Waals surface area contributed by atoms with Gasteiger partial charge in [-0.25, -0.2) is 14.6 Å². The monoisotopic (exact) mass is 477 g/mol. The number of ether oxygens (including phenoxy) is 2. The van der Waals surface area contributed by atoms with Crippen LogP contribution in [0.3, 0.4) is 0 Å². The highest BCUT2D eigenvalue weighted by molar-refractivity contribution is 9.10. The molecule has 0 bridgehead atoms. The molecular weight excluding hydrogens is 454 g/mol. The minimum atomic E-state index is -1.02. The molecule has 2 aliphatic rings. The van der Waals surface area contributed by atoms with Crippen LogP contribution in [0, 0.1) is 11.8 Å². The molecule has 1 saturated carbocycles. The number of carbonyl (C=O) groups excluding carboxylic acids is 1. The van der Waals surface area contributed by atoms with E-state index in [1.54, 1.807) is 4.90 Å². The number of rotatable bonds is 6. The number of halogens is 1. The topological polar surface area (TPSA) is 93.9 Å². The van der Waals surface area contributed by atoms with Crippen molar-refractivity contribution in [1.29, 1.82) is 0 Å². The Labute approximate surface area is 182 Å². The van der Waals surface area contributed by atoms with Crippen LogP contribution in [0.4, 0.5) is 4.79 Å². The Balaban J connectivity index is 1.51. The Morgan fingerprint density at radius 3 is 2.73 bits per heavy atom. The van der Waals surface area contributed by atoms with Gasteiger partial charge in [-0.3, -0.25) is 0 Å². The molecule has 30 heavy (non-hydrogen) atoms. The van der Waals surface area contributed by atoms with E-state index in [0.717, 1.165) is 12.0 Å². The van der Waals surface area contributed by atoms with Crippen LogP contribution in [0.15, 0.2) is 41.1 Å². The number of carboxylic acid groups (broad SMARTS) is 1. The predicted molar refractivity (Wildman–Crippen MR) is 111 cm³/mol. The van der Waals surface area contributed by atoms with Gasteiger partial charge in [0.2, 0.25) is 0 Å². The first-order chi connectivity index (χ1) is 14.4. The van der Waals surface area contributed by atoms with Crippen molar-refractivity contribution in [2.24, 2.45) is 18.9 Å². The molecule has 1 saturated heterocycles. The largest absolute Gasteiger partial charge is 0.480 e. The summed E-state index contributed by atoms with van der Waals surface area (Å²) in [6, 6.07) is 9.55. The summed E-state index contributed by atoms with van der Waals surface area (Å²) in [5.41, 5.74) is 0.0837. The molecule has 3 unspecified atom stereocenters. The summed E-state index contributed by atoms with van der Waals surface area (Å²) in [5.74, 6) is -0.182. The zero-order valence-corrected chi connectivity index (χ0v) is 18.2. The molecule has 2 heterocycles. The summed E-state index contributed by atoms with van der Waals surface area (Å²) in [6.07, 6.45) is 2.97. The Morgan fingerprint density at radius 2 is 2.07 bits per heavy atom. The molecule has 8 nitrogen and oxygen atoms in total. The van der Waals surface area contributed by atoms with Crippen LogP contribution in [0.5, 0.6) is 0 Å². The molecule has 2 fully saturated rings. The summed E-state index contributed by atoms with van der Waals surface area (Å²) in [7, 11) is 1.87. The van der Waals surface area contributed by atoms with Crippen LogP contribution in [-0.2, 0) is 33.5 Å². The summed E-state index contributed by atoms with van der Waals surface area (Å²) < 4.78 is 14.1. The third-order valence-corrected chi connectivity index (χ3v) is 6.45. The molecule has 1 aromatic carbocycles. The van der Waals surface area contributed by atoms with Gasteiger partial charge in [0, 0.05) is 32.3 Å². The standard InChI is InChI=1S/C21H24BrN3O5/c1-24-11-17(22)23-19(24)21(30-13-18(26)27)8-7-15-9-25(10-16(15)21)20(28)29-12-14-5-3-2-4-6-14/h2-6,11,15-16H,7-10,12-13H2,1H3,(H,26,27). The maximum Gasteiger partial charge on any atom is 0.410 e. The Morgan fingerprint density at radius 1 is 1.30 bits per heavy atom. The average molecular weight is 478 g/mol. The first kappa shape index (κ1) is 20.9. The van der Waals surface area contributed by atoms with Crippen LogP contribution < -0.4 is 0 Å². The molecule has 1 aromatic heterocycles. The van der Waals surface area contributed by atoms with E-state index in [-0.39, 0.29) is 24.5 Å². The number of aromatic nitrogens is 2. The summed E-state index contributed by atoms with van der Waals surface area (Å²) >= 11 is 3.40. The lowest BCUT2D eigenvalue weighted by Gasteiger charge is -2.34. The normalized spacial score (nSPS) is 25.3. The van der Waals surface area contributed by atoms with E-state index in [4.69, 9.17) is 9.47 Å². The van der Waals surface area contributed by atoms with Crippen LogP contribution in [0.25, 0.3) is 0 Å². The maximum absolute atomic E-state index is 12.7. The number of carbonyl (C=O) groups is 2. The van der Waals surface area contributed by atoms with Gasteiger partial charge >= 0.3 is 12.1 Å². The van der Waals surface area contributed by atoms with Gasteiger partial charge in [0.25, 0.3) is 0 Å². The Kier molecular flexibility index (Phi) is 5.84. The van der Waals surface area contributed by atoms with E-state index in [0.29, 0.717) is 29.9 Å². The first-order valence-corrected chi connectivity index (χ1v) is 10.7. The number of likely N-dealkylation sites (tertiary alicyclic amines) is 1. The number of hydrogen-bond donors (Lipinski definition) is 1. The van der Waals surface area contributed by atoms with E-state index in [1.165, 1.54) is 0 Å². The number of amides is 1. The molecule has 4 rings (SSSR count). The van der Waals surface area contributed by atoms with Gasteiger partial charge in [-0.2, -0.15) is 0 Å². The number of imidazole rings is 1. The van der Waals surface area contributed by atoms with Gasteiger partial charge in [-0.05, 0) is 40.3 Å². The fourth-order valence-corrected chi connectivity index (χ4v) is 5.25. The van der Waals surface area contributed by atoms with Crippen molar-refractivity contribution >= 4 is 28.0 Å². The minimum Gasteiger partial charge on any atom is -0.480 e. The molecule has 1 aliphatic heterocycles. The third kappa shape index (κ3) is 3.96. The second kappa shape index (κ2) is 8.39. The van der Waals surface area contributed by atoms with Gasteiger partial charge in [-0.15, -0.1) is 0 Å². The van der Waals surface area contributed by atoms with Crippen LogP contribution in [0.1, 0.15) is 24.2 Å². The molecule has 160 valence electrons. The average Bonchev–Trinajstić information content (AvgIpc) is 3.39. The molecule has 1 N–H and O–H groups in total. The van der Waals surface area contributed by atoms with E-state index in [2.05, 4.69) is 20.9 Å². The molecule has 1 amide bonds. The van der Waals surface area contributed by atoms with E-state index in [1.807, 2.05) is 48.1 Å². The highest BCUT2D eigenvalue weighted by Crippen LogP contribution is 2.52. The van der Waals surface area contributed by atoms with Crippen molar-refractivity contribution in [3.8, 4) is 0 Å². The Hall–Kier alpha value is -2.39. The van der Waals surface area contributed by atoms with Crippen LogP contribution in [0.2, 0.25) is 0 Å². The Bertz CT molecular complexity index is 934. The minimum absolute atomic E-state index is 0.0471. The van der Waals surface area contributed by atoms with Crippen molar-refractivity contribution in [3.05, 3.63) is 52.5 Å². The number of fused-ring (bicyclic) bond motifs is 1. The van der Waals surface area contributed by atoms with Crippen molar-refractivity contribution in [3.63, 3.8) is 0 Å². The highest BCUT2D eigenvalue weighted by Gasteiger charge is 2.57. The summed E-state index contributed by atoms with van der Waals surface area (Å²) in [6.45, 7) is 0.828. The predicted octanol–water partition coefficient (Wildman–Crippen LogP) is 3.16. The quantitative estimate of drug-likeness (QED) is 0.686. The number of carboxylic acids is 1. The molecule has 2 aromatic rings. The first-order valence-electron chi connectivity index (χ1n) is 9.90. The number of aliphatic carboxylic acids is 1. The van der Waals surface area contributed by atoms with Crippen LogP contribution in [-0.4, -0.2) is 51.3 Å². The number of benzene rings is 1. The van der Waals surface area contributed by atoms with Gasteiger partial charge in [0.05, 0.1) is 0 Å². The lowest BCUT2D eigenvalue weighted by Crippen LogP contribution is -2.41. The van der Waals surface area contributed by atoms with Crippen molar-refractivity contribution < 1.29 is 24.2 Å². The number of hydrogen-bond acceptors (Lipinski definition) is 5. The van der Waals surface area contributed by atoms with Crippen molar-refractivity contribution in [1.82, 2.24) is 14.5 Å². The van der Waals surface area contributed by atoms with Gasteiger partial charge in [0.1, 0.15) is 29.2 Å². The number of nitrogens with zero attached hydrogens (tertiary/aromatic N) is 3. The fourth-order valence-electron chi connectivity index (χ4n) is 4.77. The second-order valence-corrected chi connectivity index (χ2v) is 8.73. The van der Waals surface area contributed by atoms with Gasteiger partial charge in [-0.1, -0.05) is 30.3 Å². The lowest BCUT2D eigenvalue weighted by atomic mass is 9.87. The fraction of sp³-hybridized carbons (Fsp3) is 0.476. The highest BCUT2D eigenvalue weighted by atomic mass is 79.9. The van der Waals surface area contributed by atoms with E-state index >= 15 is 0 Å².